The zero-order valence-corrected chi connectivity index (χ0v) is 16.8. The number of carbonyl (C=O) groups excluding carboxylic acids is 1. The number of carbonyl (C=O) groups is 1. The van der Waals surface area contributed by atoms with Gasteiger partial charge in [-0.25, -0.2) is 9.97 Å². The lowest BCUT2D eigenvalue weighted by Crippen LogP contribution is -2.61. The molecule has 3 atom stereocenters. The molecule has 0 aromatic carbocycles. The molecular weight excluding hydrogens is 368 g/mol. The Morgan fingerprint density at radius 2 is 1.97 bits per heavy atom. The van der Waals surface area contributed by atoms with Crippen molar-refractivity contribution in [2.24, 2.45) is 17.8 Å². The molecule has 156 valence electrons. The highest BCUT2D eigenvalue weighted by Crippen LogP contribution is 2.55. The van der Waals surface area contributed by atoms with Gasteiger partial charge < -0.3 is 20.5 Å². The van der Waals surface area contributed by atoms with Crippen LogP contribution in [0.3, 0.4) is 0 Å². The topological polar surface area (TPSA) is 96.4 Å². The van der Waals surface area contributed by atoms with Gasteiger partial charge in [0.25, 0.3) is 5.91 Å². The van der Waals surface area contributed by atoms with Gasteiger partial charge in [0.15, 0.2) is 0 Å². The quantitative estimate of drug-likeness (QED) is 0.705. The molecule has 7 nitrogen and oxygen atoms in total. The average Bonchev–Trinajstić information content (AvgIpc) is 3.32. The summed E-state index contributed by atoms with van der Waals surface area (Å²) >= 11 is 0. The molecule has 7 heteroatoms. The Kier molecular flexibility index (Phi) is 4.14. The number of aromatic nitrogens is 2. The minimum Gasteiger partial charge on any atom is -0.390 e. The van der Waals surface area contributed by atoms with Crippen LogP contribution in [0.1, 0.15) is 79.9 Å². The lowest BCUT2D eigenvalue weighted by Gasteiger charge is -2.58. The predicted molar refractivity (Wildman–Crippen MR) is 106 cm³/mol. The Labute approximate surface area is 171 Å². The molecular formula is C22H30N4O3. The molecule has 2 unspecified atom stereocenters. The molecule has 1 aromatic rings. The summed E-state index contributed by atoms with van der Waals surface area (Å²) in [7, 11) is 0. The Morgan fingerprint density at radius 1 is 1.17 bits per heavy atom. The van der Waals surface area contributed by atoms with Crippen LogP contribution in [-0.2, 0) is 4.74 Å². The second-order valence-corrected chi connectivity index (χ2v) is 10.1. The first-order chi connectivity index (χ1) is 14.1. The summed E-state index contributed by atoms with van der Waals surface area (Å²) in [5.74, 6) is 1.92. The van der Waals surface area contributed by atoms with Crippen LogP contribution in [0.15, 0.2) is 6.20 Å². The molecule has 6 aliphatic rings. The van der Waals surface area contributed by atoms with Crippen LogP contribution < -0.4 is 10.6 Å². The van der Waals surface area contributed by atoms with Gasteiger partial charge in [-0.15, -0.1) is 0 Å². The van der Waals surface area contributed by atoms with Gasteiger partial charge in [-0.1, -0.05) is 0 Å². The first-order valence-electron chi connectivity index (χ1n) is 11.3. The lowest BCUT2D eigenvalue weighted by atomic mass is 9.52. The van der Waals surface area contributed by atoms with Crippen molar-refractivity contribution < 1.29 is 14.6 Å². The van der Waals surface area contributed by atoms with Gasteiger partial charge in [-0.2, -0.15) is 0 Å². The highest BCUT2D eigenvalue weighted by Gasteiger charge is 2.55. The van der Waals surface area contributed by atoms with E-state index in [1.54, 1.807) is 6.20 Å². The third kappa shape index (κ3) is 3.32. The first kappa shape index (κ1) is 18.1. The lowest BCUT2D eigenvalue weighted by molar-refractivity contribution is -0.136. The van der Waals surface area contributed by atoms with Crippen molar-refractivity contribution >= 4 is 11.9 Å². The SMILES string of the molecule is O=C(NC1C2CC3CC1CC(O)(C3)C2)c1cnc(NC2CC2)nc1[C@@H]1CCCO1. The number of rotatable bonds is 5. The number of hydrogen-bond donors (Lipinski definition) is 3. The van der Waals surface area contributed by atoms with Crippen molar-refractivity contribution in [2.75, 3.05) is 11.9 Å². The van der Waals surface area contributed by atoms with E-state index in [-0.39, 0.29) is 18.1 Å². The van der Waals surface area contributed by atoms with E-state index in [0.29, 0.717) is 41.9 Å². The fourth-order valence-corrected chi connectivity index (χ4v) is 6.53. The number of ether oxygens (including phenoxy) is 1. The van der Waals surface area contributed by atoms with E-state index >= 15 is 0 Å². The van der Waals surface area contributed by atoms with E-state index in [4.69, 9.17) is 9.72 Å². The summed E-state index contributed by atoms with van der Waals surface area (Å²) in [6.45, 7) is 0.716. The molecule has 0 radical (unpaired) electrons. The minimum absolute atomic E-state index is 0.0852. The van der Waals surface area contributed by atoms with E-state index < -0.39 is 5.60 Å². The Hall–Kier alpha value is -1.73. The van der Waals surface area contributed by atoms with Gasteiger partial charge in [-0.05, 0) is 75.5 Å². The van der Waals surface area contributed by atoms with E-state index in [1.807, 2.05) is 0 Å². The van der Waals surface area contributed by atoms with Crippen molar-refractivity contribution in [1.82, 2.24) is 15.3 Å². The summed E-state index contributed by atoms with van der Waals surface area (Å²) in [6, 6.07) is 0.617. The molecule has 1 amide bonds. The van der Waals surface area contributed by atoms with Crippen LogP contribution in [0, 0.1) is 17.8 Å². The molecule has 4 bridgehead atoms. The van der Waals surface area contributed by atoms with E-state index in [2.05, 4.69) is 15.6 Å². The summed E-state index contributed by atoms with van der Waals surface area (Å²) in [5.41, 5.74) is 0.783. The van der Waals surface area contributed by atoms with Crippen LogP contribution >= 0.6 is 0 Å². The zero-order chi connectivity index (χ0) is 19.6. The summed E-state index contributed by atoms with van der Waals surface area (Å²) < 4.78 is 5.87. The second-order valence-electron chi connectivity index (χ2n) is 10.1. The number of nitrogens with zero attached hydrogens (tertiary/aromatic N) is 2. The third-order valence-electron chi connectivity index (χ3n) is 7.75. The molecule has 7 rings (SSSR count). The number of hydrogen-bond acceptors (Lipinski definition) is 6. The van der Waals surface area contributed by atoms with Gasteiger partial charge in [0.05, 0.1) is 16.9 Å². The van der Waals surface area contributed by atoms with Gasteiger partial charge in [0, 0.05) is 24.9 Å². The molecule has 5 saturated carbocycles. The highest BCUT2D eigenvalue weighted by atomic mass is 16.5. The molecule has 5 aliphatic carbocycles. The van der Waals surface area contributed by atoms with Gasteiger partial charge in [-0.3, -0.25) is 4.79 Å². The Morgan fingerprint density at radius 3 is 2.62 bits per heavy atom. The Bertz CT molecular complexity index is 804. The number of aliphatic hydroxyl groups is 1. The smallest absolute Gasteiger partial charge is 0.255 e. The maximum atomic E-state index is 13.3. The fraction of sp³-hybridized carbons (Fsp3) is 0.773. The molecule has 1 aromatic heterocycles. The normalized spacial score (nSPS) is 40.2. The minimum atomic E-state index is -0.486. The molecule has 6 fully saturated rings. The van der Waals surface area contributed by atoms with Crippen LogP contribution in [0.2, 0.25) is 0 Å². The van der Waals surface area contributed by atoms with Crippen molar-refractivity contribution in [3.05, 3.63) is 17.5 Å². The maximum Gasteiger partial charge on any atom is 0.255 e. The van der Waals surface area contributed by atoms with Gasteiger partial charge >= 0.3 is 0 Å². The monoisotopic (exact) mass is 398 g/mol. The standard InChI is InChI=1S/C22H30N4O3/c27-20(25-18-13-6-12-7-14(18)10-22(28,8-12)9-13)16-11-23-21(24-15-3-4-15)26-19(16)17-2-1-5-29-17/h11-15,17-18,28H,1-10H2,(H,25,27)(H,23,24,26)/t12?,13?,14?,17-,18?,22?/m0/s1. The molecule has 1 saturated heterocycles. The number of anilines is 1. The summed E-state index contributed by atoms with van der Waals surface area (Å²) in [6.07, 6.45) is 10.6. The van der Waals surface area contributed by atoms with Crippen LogP contribution in [-0.4, -0.2) is 45.3 Å². The molecule has 29 heavy (non-hydrogen) atoms. The highest BCUT2D eigenvalue weighted by molar-refractivity contribution is 5.95. The van der Waals surface area contributed by atoms with Gasteiger partial charge in [0.2, 0.25) is 5.95 Å². The molecule has 1 aliphatic heterocycles. The largest absolute Gasteiger partial charge is 0.390 e. The second kappa shape index (κ2) is 6.64. The predicted octanol–water partition coefficient (Wildman–Crippen LogP) is 2.57. The van der Waals surface area contributed by atoms with Crippen molar-refractivity contribution in [2.45, 2.75) is 81.6 Å². The third-order valence-corrected chi connectivity index (χ3v) is 7.75. The van der Waals surface area contributed by atoms with Crippen LogP contribution in [0.25, 0.3) is 0 Å². The van der Waals surface area contributed by atoms with Crippen molar-refractivity contribution in [3.8, 4) is 0 Å². The summed E-state index contributed by atoms with van der Waals surface area (Å²) in [4.78, 5) is 22.4. The average molecular weight is 399 g/mol. The molecule has 3 N–H and O–H groups in total. The van der Waals surface area contributed by atoms with Gasteiger partial charge in [0.1, 0.15) is 6.10 Å². The Balaban J connectivity index is 1.24. The number of amides is 1. The van der Waals surface area contributed by atoms with E-state index in [1.165, 1.54) is 0 Å². The fourth-order valence-electron chi connectivity index (χ4n) is 6.53. The van der Waals surface area contributed by atoms with E-state index in [0.717, 1.165) is 63.5 Å². The first-order valence-corrected chi connectivity index (χ1v) is 11.3. The maximum absolute atomic E-state index is 13.3. The van der Waals surface area contributed by atoms with Crippen LogP contribution in [0.4, 0.5) is 5.95 Å². The van der Waals surface area contributed by atoms with Crippen molar-refractivity contribution in [1.29, 1.82) is 0 Å². The summed E-state index contributed by atoms with van der Waals surface area (Å²) in [5, 5.41) is 17.5. The number of nitrogens with one attached hydrogen (secondary N) is 2. The zero-order valence-electron chi connectivity index (χ0n) is 16.8. The van der Waals surface area contributed by atoms with Crippen molar-refractivity contribution in [3.63, 3.8) is 0 Å². The molecule has 2 heterocycles. The molecule has 0 spiro atoms. The van der Waals surface area contributed by atoms with Crippen LogP contribution in [0.5, 0.6) is 0 Å². The van der Waals surface area contributed by atoms with E-state index in [9.17, 15) is 9.90 Å².